The zero-order chi connectivity index (χ0) is 20.3. The first-order valence-corrected chi connectivity index (χ1v) is 11.4. The van der Waals surface area contributed by atoms with Crippen LogP contribution < -0.4 is 10.6 Å². The lowest BCUT2D eigenvalue weighted by Gasteiger charge is -2.20. The summed E-state index contributed by atoms with van der Waals surface area (Å²) in [6.45, 7) is 5.93. The van der Waals surface area contributed by atoms with E-state index in [0.717, 1.165) is 67.7 Å². The predicted molar refractivity (Wildman–Crippen MR) is 120 cm³/mol. The molecule has 1 amide bonds. The van der Waals surface area contributed by atoms with Crippen molar-refractivity contribution < 1.29 is 4.79 Å². The summed E-state index contributed by atoms with van der Waals surface area (Å²) >= 11 is 1.65. The van der Waals surface area contributed by atoms with E-state index in [1.807, 2.05) is 23.1 Å². The molecule has 29 heavy (non-hydrogen) atoms. The molecule has 0 aliphatic carbocycles. The fourth-order valence-electron chi connectivity index (χ4n) is 3.35. The van der Waals surface area contributed by atoms with Crippen LogP contribution in [0.3, 0.4) is 0 Å². The Kier molecular flexibility index (Phi) is 8.49. The summed E-state index contributed by atoms with van der Waals surface area (Å²) in [6, 6.07) is 10.2. The summed E-state index contributed by atoms with van der Waals surface area (Å²) in [7, 11) is 0. The van der Waals surface area contributed by atoms with Crippen LogP contribution in [-0.4, -0.2) is 47.9 Å². The molecule has 2 heterocycles. The quantitative estimate of drug-likeness (QED) is 0.394. The Morgan fingerprint density at radius 1 is 1.21 bits per heavy atom. The Balaban J connectivity index is 1.47. The van der Waals surface area contributed by atoms with E-state index >= 15 is 0 Å². The van der Waals surface area contributed by atoms with Crippen molar-refractivity contribution >= 4 is 23.2 Å². The molecule has 0 radical (unpaired) electrons. The zero-order valence-corrected chi connectivity index (χ0v) is 18.0. The van der Waals surface area contributed by atoms with Crippen molar-refractivity contribution in [3.63, 3.8) is 0 Å². The number of guanidine groups is 1. The van der Waals surface area contributed by atoms with E-state index in [0.29, 0.717) is 18.9 Å². The fraction of sp³-hybridized carbons (Fsp3) is 0.500. The minimum absolute atomic E-state index is 0.306. The molecule has 1 fully saturated rings. The van der Waals surface area contributed by atoms with Crippen LogP contribution in [0.5, 0.6) is 0 Å². The maximum atomic E-state index is 12.1. The molecule has 0 atom stereocenters. The van der Waals surface area contributed by atoms with Crippen molar-refractivity contribution in [1.82, 2.24) is 20.5 Å². The average molecular weight is 414 g/mol. The van der Waals surface area contributed by atoms with Crippen LogP contribution in [0.4, 0.5) is 0 Å². The predicted octanol–water partition coefficient (Wildman–Crippen LogP) is 3.66. The number of carbonyl (C=O) groups excluding carboxylic acids is 1. The third kappa shape index (κ3) is 6.85. The summed E-state index contributed by atoms with van der Waals surface area (Å²) in [6.07, 6.45) is 4.96. The molecule has 2 aromatic rings. The molecule has 0 spiro atoms. The van der Waals surface area contributed by atoms with Gasteiger partial charge in [0.05, 0.1) is 12.2 Å². The van der Waals surface area contributed by atoms with Crippen molar-refractivity contribution in [1.29, 1.82) is 0 Å². The molecule has 156 valence electrons. The fourth-order valence-corrected chi connectivity index (χ4v) is 4.16. The van der Waals surface area contributed by atoms with Crippen molar-refractivity contribution in [3.05, 3.63) is 41.4 Å². The van der Waals surface area contributed by atoms with E-state index in [1.54, 1.807) is 11.3 Å². The number of thiazole rings is 1. The SMILES string of the molecule is CCNC(=NCc1csc(-c2ccccc2)n1)NCCCN1CCCCCC1=O. The molecule has 0 unspecified atom stereocenters. The van der Waals surface area contributed by atoms with Gasteiger partial charge in [-0.1, -0.05) is 36.8 Å². The Hall–Kier alpha value is -2.41. The second-order valence-electron chi connectivity index (χ2n) is 7.18. The highest BCUT2D eigenvalue weighted by Gasteiger charge is 2.15. The number of amides is 1. The Labute approximate surface area is 177 Å². The second kappa shape index (κ2) is 11.6. The third-order valence-corrected chi connectivity index (χ3v) is 5.82. The molecule has 3 rings (SSSR count). The van der Waals surface area contributed by atoms with Gasteiger partial charge in [-0.3, -0.25) is 4.79 Å². The lowest BCUT2D eigenvalue weighted by Crippen LogP contribution is -2.39. The Bertz CT molecular complexity index is 790. The summed E-state index contributed by atoms with van der Waals surface area (Å²) in [4.78, 5) is 23.4. The Morgan fingerprint density at radius 2 is 2.07 bits per heavy atom. The van der Waals surface area contributed by atoms with E-state index in [4.69, 9.17) is 4.98 Å². The average Bonchev–Trinajstić information content (AvgIpc) is 3.13. The van der Waals surface area contributed by atoms with Gasteiger partial charge in [0, 0.05) is 43.5 Å². The van der Waals surface area contributed by atoms with E-state index in [1.165, 1.54) is 6.42 Å². The zero-order valence-electron chi connectivity index (χ0n) is 17.2. The number of carbonyl (C=O) groups is 1. The van der Waals surface area contributed by atoms with E-state index < -0.39 is 0 Å². The molecule has 0 bridgehead atoms. The number of hydrogen-bond acceptors (Lipinski definition) is 4. The number of likely N-dealkylation sites (tertiary alicyclic amines) is 1. The minimum atomic E-state index is 0.306. The van der Waals surface area contributed by atoms with Crippen LogP contribution in [0.25, 0.3) is 10.6 Å². The molecule has 7 heteroatoms. The van der Waals surface area contributed by atoms with E-state index in [2.05, 4.69) is 40.1 Å². The number of benzene rings is 1. The standard InChI is InChI=1S/C22H31N5OS/c1-2-23-22(24-13-9-15-27-14-8-4-7-12-20(27)28)25-16-19-17-29-21(26-19)18-10-5-3-6-11-18/h3,5-6,10-11,17H,2,4,7-9,12-16H2,1H3,(H2,23,24,25). The van der Waals surface area contributed by atoms with Gasteiger partial charge in [0.25, 0.3) is 0 Å². The number of hydrogen-bond donors (Lipinski definition) is 2. The molecule has 1 aromatic carbocycles. The van der Waals surface area contributed by atoms with E-state index in [-0.39, 0.29) is 0 Å². The highest BCUT2D eigenvalue weighted by Crippen LogP contribution is 2.23. The minimum Gasteiger partial charge on any atom is -0.357 e. The largest absolute Gasteiger partial charge is 0.357 e. The Morgan fingerprint density at radius 3 is 2.90 bits per heavy atom. The van der Waals surface area contributed by atoms with Gasteiger partial charge < -0.3 is 15.5 Å². The second-order valence-corrected chi connectivity index (χ2v) is 8.04. The van der Waals surface area contributed by atoms with Gasteiger partial charge in [-0.05, 0) is 26.2 Å². The maximum Gasteiger partial charge on any atom is 0.222 e. The number of rotatable bonds is 8. The number of nitrogens with zero attached hydrogens (tertiary/aromatic N) is 3. The van der Waals surface area contributed by atoms with Crippen molar-refractivity contribution in [2.45, 2.75) is 45.6 Å². The van der Waals surface area contributed by atoms with Crippen LogP contribution in [0.15, 0.2) is 40.7 Å². The van der Waals surface area contributed by atoms with Gasteiger partial charge in [0.15, 0.2) is 5.96 Å². The number of aromatic nitrogens is 1. The van der Waals surface area contributed by atoms with Gasteiger partial charge in [-0.25, -0.2) is 9.98 Å². The van der Waals surface area contributed by atoms with Gasteiger partial charge >= 0.3 is 0 Å². The number of aliphatic imine (C=N–C) groups is 1. The van der Waals surface area contributed by atoms with Crippen LogP contribution in [-0.2, 0) is 11.3 Å². The molecule has 0 saturated carbocycles. The maximum absolute atomic E-state index is 12.1. The lowest BCUT2D eigenvalue weighted by atomic mass is 10.2. The van der Waals surface area contributed by atoms with E-state index in [9.17, 15) is 4.79 Å². The highest BCUT2D eigenvalue weighted by atomic mass is 32.1. The van der Waals surface area contributed by atoms with Gasteiger partial charge in [0.1, 0.15) is 5.01 Å². The highest BCUT2D eigenvalue weighted by molar-refractivity contribution is 7.13. The summed E-state index contributed by atoms with van der Waals surface area (Å²) < 4.78 is 0. The summed E-state index contributed by atoms with van der Waals surface area (Å²) in [5, 5.41) is 9.75. The summed E-state index contributed by atoms with van der Waals surface area (Å²) in [5.41, 5.74) is 2.11. The van der Waals surface area contributed by atoms with Gasteiger partial charge in [-0.2, -0.15) is 0 Å². The van der Waals surface area contributed by atoms with Crippen molar-refractivity contribution in [2.75, 3.05) is 26.2 Å². The molecular formula is C22H31N5OS. The van der Waals surface area contributed by atoms with Crippen LogP contribution >= 0.6 is 11.3 Å². The topological polar surface area (TPSA) is 69.6 Å². The first-order valence-electron chi connectivity index (χ1n) is 10.6. The smallest absolute Gasteiger partial charge is 0.222 e. The van der Waals surface area contributed by atoms with Crippen molar-refractivity contribution in [3.8, 4) is 10.6 Å². The van der Waals surface area contributed by atoms with Crippen molar-refractivity contribution in [2.24, 2.45) is 4.99 Å². The third-order valence-electron chi connectivity index (χ3n) is 4.88. The van der Waals surface area contributed by atoms with Crippen LogP contribution in [0, 0.1) is 0 Å². The monoisotopic (exact) mass is 413 g/mol. The molecule has 2 N–H and O–H groups in total. The first kappa shape index (κ1) is 21.3. The lowest BCUT2D eigenvalue weighted by molar-refractivity contribution is -0.130. The molecule has 1 aromatic heterocycles. The molecule has 1 saturated heterocycles. The molecule has 1 aliphatic rings. The van der Waals surface area contributed by atoms with Crippen LogP contribution in [0.1, 0.15) is 44.7 Å². The molecular weight excluding hydrogens is 382 g/mol. The molecule has 6 nitrogen and oxygen atoms in total. The molecule has 1 aliphatic heterocycles. The normalized spacial score (nSPS) is 15.3. The first-order chi connectivity index (χ1) is 14.3. The van der Waals surface area contributed by atoms with Gasteiger partial charge in [-0.15, -0.1) is 11.3 Å². The summed E-state index contributed by atoms with van der Waals surface area (Å²) in [5.74, 6) is 1.10. The van der Waals surface area contributed by atoms with Crippen LogP contribution in [0.2, 0.25) is 0 Å². The van der Waals surface area contributed by atoms with Gasteiger partial charge in [0.2, 0.25) is 5.91 Å². The number of nitrogens with one attached hydrogen (secondary N) is 2.